The van der Waals surface area contributed by atoms with E-state index in [4.69, 9.17) is 16.6 Å². The summed E-state index contributed by atoms with van der Waals surface area (Å²) >= 11 is 6.12. The maximum atomic E-state index is 13.0. The zero-order chi connectivity index (χ0) is 19.7. The van der Waals surface area contributed by atoms with Crippen LogP contribution in [0, 0.1) is 13.8 Å². The number of rotatable bonds is 2. The van der Waals surface area contributed by atoms with Crippen molar-refractivity contribution in [3.63, 3.8) is 0 Å². The molecule has 142 valence electrons. The van der Waals surface area contributed by atoms with Gasteiger partial charge in [-0.3, -0.25) is 10.2 Å². The fourth-order valence-corrected chi connectivity index (χ4v) is 3.72. The molecule has 0 saturated heterocycles. The molecule has 2 amide bonds. The summed E-state index contributed by atoms with van der Waals surface area (Å²) in [5.41, 5.74) is 4.72. The number of nitrogens with one attached hydrogen (secondary N) is 1. The zero-order valence-corrected chi connectivity index (χ0v) is 16.6. The Morgan fingerprint density at radius 3 is 2.75 bits per heavy atom. The van der Waals surface area contributed by atoms with E-state index in [1.54, 1.807) is 4.90 Å². The van der Waals surface area contributed by atoms with E-state index in [0.29, 0.717) is 23.2 Å². The lowest BCUT2D eigenvalue weighted by Crippen LogP contribution is -2.39. The van der Waals surface area contributed by atoms with Crippen molar-refractivity contribution >= 4 is 29.3 Å². The molecule has 28 heavy (non-hydrogen) atoms. The van der Waals surface area contributed by atoms with E-state index in [0.717, 1.165) is 40.9 Å². The Labute approximate surface area is 169 Å². The van der Waals surface area contributed by atoms with Crippen molar-refractivity contribution in [1.29, 1.82) is 0 Å². The third-order valence-electron chi connectivity index (χ3n) is 4.74. The number of aromatic nitrogens is 2. The summed E-state index contributed by atoms with van der Waals surface area (Å²) in [5.74, 6) is 1.26. The maximum Gasteiger partial charge on any atom is 0.328 e. The number of anilines is 2. The van der Waals surface area contributed by atoms with E-state index in [1.807, 2.05) is 62.4 Å². The molecule has 1 aromatic carbocycles. The standard InChI is InChI=1S/C22H21ClN4O/c1-14-11-15(2)24-20(12-14)26-22(28)27-10-4-6-16-8-9-19(25-21(16)27)17-5-3-7-18(23)13-17/h3,5,7-9,11-13H,4,6,10H2,1-2H3,(H,24,26,28). The lowest BCUT2D eigenvalue weighted by atomic mass is 10.0. The van der Waals surface area contributed by atoms with E-state index >= 15 is 0 Å². The molecule has 1 aliphatic rings. The Hall–Kier alpha value is -2.92. The summed E-state index contributed by atoms with van der Waals surface area (Å²) in [6.45, 7) is 4.52. The van der Waals surface area contributed by atoms with Crippen LogP contribution < -0.4 is 10.2 Å². The average molecular weight is 393 g/mol. The highest BCUT2D eigenvalue weighted by molar-refractivity contribution is 6.30. The molecule has 0 fully saturated rings. The van der Waals surface area contributed by atoms with Crippen molar-refractivity contribution in [2.24, 2.45) is 0 Å². The van der Waals surface area contributed by atoms with Gasteiger partial charge in [-0.25, -0.2) is 14.8 Å². The normalized spacial score (nSPS) is 13.2. The molecule has 0 unspecified atom stereocenters. The molecule has 0 bridgehead atoms. The predicted molar refractivity (Wildman–Crippen MR) is 113 cm³/mol. The highest BCUT2D eigenvalue weighted by atomic mass is 35.5. The number of hydrogen-bond acceptors (Lipinski definition) is 3. The quantitative estimate of drug-likeness (QED) is 0.635. The number of benzene rings is 1. The lowest BCUT2D eigenvalue weighted by molar-refractivity contribution is 0.256. The van der Waals surface area contributed by atoms with Crippen LogP contribution >= 0.6 is 11.6 Å². The number of urea groups is 1. The Bertz CT molecular complexity index is 1030. The van der Waals surface area contributed by atoms with E-state index in [-0.39, 0.29) is 6.03 Å². The molecule has 0 atom stereocenters. The van der Waals surface area contributed by atoms with E-state index in [2.05, 4.69) is 10.3 Å². The second-order valence-electron chi connectivity index (χ2n) is 7.05. The van der Waals surface area contributed by atoms with Crippen molar-refractivity contribution in [1.82, 2.24) is 9.97 Å². The van der Waals surface area contributed by atoms with E-state index in [1.165, 1.54) is 0 Å². The minimum absolute atomic E-state index is 0.214. The molecule has 5 nitrogen and oxygen atoms in total. The molecular weight excluding hydrogens is 372 g/mol. The monoisotopic (exact) mass is 392 g/mol. The first-order valence-corrected chi connectivity index (χ1v) is 9.67. The molecule has 0 spiro atoms. The largest absolute Gasteiger partial charge is 0.328 e. The molecule has 6 heteroatoms. The Morgan fingerprint density at radius 1 is 1.11 bits per heavy atom. The topological polar surface area (TPSA) is 58.1 Å². The molecule has 2 aromatic heterocycles. The average Bonchev–Trinajstić information content (AvgIpc) is 2.66. The van der Waals surface area contributed by atoms with Crippen molar-refractivity contribution in [2.45, 2.75) is 26.7 Å². The molecule has 3 heterocycles. The summed E-state index contributed by atoms with van der Waals surface area (Å²) in [5, 5.41) is 3.58. The Kier molecular flexibility index (Phi) is 5.01. The number of carbonyl (C=O) groups is 1. The van der Waals surface area contributed by atoms with Crippen LogP contribution in [-0.2, 0) is 6.42 Å². The van der Waals surface area contributed by atoms with Gasteiger partial charge in [-0.05, 0) is 68.1 Å². The third kappa shape index (κ3) is 3.85. The number of aryl methyl sites for hydroxylation is 3. The van der Waals surface area contributed by atoms with Crippen LogP contribution in [0.1, 0.15) is 23.2 Å². The summed E-state index contributed by atoms with van der Waals surface area (Å²) in [6.07, 6.45) is 1.81. The number of hydrogen-bond donors (Lipinski definition) is 1. The number of pyridine rings is 2. The summed E-state index contributed by atoms with van der Waals surface area (Å²) in [6, 6.07) is 15.2. The van der Waals surface area contributed by atoms with Gasteiger partial charge in [0.05, 0.1) is 5.69 Å². The number of nitrogens with zero attached hydrogens (tertiary/aromatic N) is 3. The first-order chi connectivity index (χ1) is 13.5. The molecule has 1 aliphatic heterocycles. The number of halogens is 1. The van der Waals surface area contributed by atoms with E-state index < -0.39 is 0 Å². The smallest absolute Gasteiger partial charge is 0.292 e. The van der Waals surface area contributed by atoms with Crippen LogP contribution in [0.25, 0.3) is 11.3 Å². The summed E-state index contributed by atoms with van der Waals surface area (Å²) in [7, 11) is 0. The zero-order valence-electron chi connectivity index (χ0n) is 15.9. The molecule has 0 radical (unpaired) electrons. The van der Waals surface area contributed by atoms with Gasteiger partial charge in [0.1, 0.15) is 11.6 Å². The predicted octanol–water partition coefficient (Wildman–Crippen LogP) is 5.40. The van der Waals surface area contributed by atoms with Gasteiger partial charge in [0.15, 0.2) is 0 Å². The SMILES string of the molecule is Cc1cc(C)nc(NC(=O)N2CCCc3ccc(-c4cccc(Cl)c4)nc32)c1. The van der Waals surface area contributed by atoms with Crippen LogP contribution in [0.5, 0.6) is 0 Å². The minimum atomic E-state index is -0.214. The van der Waals surface area contributed by atoms with Gasteiger partial charge in [-0.1, -0.05) is 29.8 Å². The van der Waals surface area contributed by atoms with Gasteiger partial charge >= 0.3 is 6.03 Å². The third-order valence-corrected chi connectivity index (χ3v) is 4.97. The second kappa shape index (κ2) is 7.60. The molecule has 0 saturated carbocycles. The Balaban J connectivity index is 1.65. The first kappa shape index (κ1) is 18.4. The maximum absolute atomic E-state index is 13.0. The summed E-state index contributed by atoms with van der Waals surface area (Å²) < 4.78 is 0. The Morgan fingerprint density at radius 2 is 1.96 bits per heavy atom. The fraction of sp³-hybridized carbons (Fsp3) is 0.227. The van der Waals surface area contributed by atoms with Crippen LogP contribution in [0.2, 0.25) is 5.02 Å². The van der Waals surface area contributed by atoms with Crippen molar-refractivity contribution < 1.29 is 4.79 Å². The van der Waals surface area contributed by atoms with Crippen LogP contribution in [0.15, 0.2) is 48.5 Å². The van der Waals surface area contributed by atoms with Gasteiger partial charge in [-0.15, -0.1) is 0 Å². The fourth-order valence-electron chi connectivity index (χ4n) is 3.53. The van der Waals surface area contributed by atoms with Gasteiger partial charge in [0.25, 0.3) is 0 Å². The first-order valence-electron chi connectivity index (χ1n) is 9.29. The van der Waals surface area contributed by atoms with Crippen molar-refractivity contribution in [2.75, 3.05) is 16.8 Å². The molecule has 0 aliphatic carbocycles. The van der Waals surface area contributed by atoms with Crippen molar-refractivity contribution in [3.8, 4) is 11.3 Å². The lowest BCUT2D eigenvalue weighted by Gasteiger charge is -2.28. The van der Waals surface area contributed by atoms with Gasteiger partial charge in [0, 0.05) is 22.8 Å². The minimum Gasteiger partial charge on any atom is -0.292 e. The highest BCUT2D eigenvalue weighted by Crippen LogP contribution is 2.30. The van der Waals surface area contributed by atoms with Gasteiger partial charge in [0.2, 0.25) is 0 Å². The summed E-state index contributed by atoms with van der Waals surface area (Å²) in [4.78, 5) is 23.9. The van der Waals surface area contributed by atoms with Gasteiger partial charge < -0.3 is 0 Å². The molecule has 4 rings (SSSR count). The van der Waals surface area contributed by atoms with Crippen LogP contribution in [0.3, 0.4) is 0 Å². The second-order valence-corrected chi connectivity index (χ2v) is 7.48. The highest BCUT2D eigenvalue weighted by Gasteiger charge is 2.25. The molecule has 3 aromatic rings. The van der Waals surface area contributed by atoms with Crippen LogP contribution in [-0.4, -0.2) is 22.5 Å². The van der Waals surface area contributed by atoms with Crippen molar-refractivity contribution in [3.05, 3.63) is 70.4 Å². The number of fused-ring (bicyclic) bond motifs is 1. The van der Waals surface area contributed by atoms with Gasteiger partial charge in [-0.2, -0.15) is 0 Å². The molecule has 1 N–H and O–H groups in total. The number of carbonyl (C=O) groups excluding carboxylic acids is 1. The molecular formula is C22H21ClN4O. The number of amides is 2. The van der Waals surface area contributed by atoms with E-state index in [9.17, 15) is 4.79 Å². The van der Waals surface area contributed by atoms with Crippen LogP contribution in [0.4, 0.5) is 16.4 Å².